The summed E-state index contributed by atoms with van der Waals surface area (Å²) in [4.78, 5) is 2.37. The van der Waals surface area contributed by atoms with Crippen molar-refractivity contribution in [2.24, 2.45) is 0 Å². The molecule has 2 aromatic rings. The van der Waals surface area contributed by atoms with Crippen molar-refractivity contribution in [1.82, 2.24) is 9.62 Å². The second-order valence-electron chi connectivity index (χ2n) is 6.42. The normalized spacial score (nSPS) is 12.9. The van der Waals surface area contributed by atoms with E-state index < -0.39 is 10.0 Å². The number of hydrogen-bond donors (Lipinski definition) is 1. The molecule has 0 spiro atoms. The molecule has 0 heterocycles. The number of ether oxygens (including phenoxy) is 2. The summed E-state index contributed by atoms with van der Waals surface area (Å²) in [6.45, 7) is 6.75. The number of benzene rings is 2. The van der Waals surface area contributed by atoms with Gasteiger partial charge >= 0.3 is 0 Å². The van der Waals surface area contributed by atoms with Gasteiger partial charge in [-0.15, -0.1) is 0 Å². The van der Waals surface area contributed by atoms with Crippen molar-refractivity contribution in [3.05, 3.63) is 59.1 Å². The number of nitrogens with one attached hydrogen (secondary N) is 1. The van der Waals surface area contributed by atoms with Crippen LogP contribution in [-0.4, -0.2) is 53.3 Å². The van der Waals surface area contributed by atoms with Gasteiger partial charge < -0.3 is 9.47 Å². The molecule has 0 radical (unpaired) electrons. The van der Waals surface area contributed by atoms with Gasteiger partial charge in [-0.2, -0.15) is 0 Å². The molecule has 1 unspecified atom stereocenters. The molecule has 0 saturated carbocycles. The van der Waals surface area contributed by atoms with Crippen LogP contribution in [0.4, 0.5) is 0 Å². The molecular weight excluding hydrogens is 412 g/mol. The van der Waals surface area contributed by atoms with Crippen LogP contribution in [0, 0.1) is 0 Å². The zero-order valence-electron chi connectivity index (χ0n) is 17.1. The highest BCUT2D eigenvalue weighted by molar-refractivity contribution is 7.89. The monoisotopic (exact) mass is 440 g/mol. The minimum absolute atomic E-state index is 0.162. The van der Waals surface area contributed by atoms with Crippen molar-refractivity contribution in [1.29, 1.82) is 0 Å². The summed E-state index contributed by atoms with van der Waals surface area (Å²) in [7, 11) is -2.07. The van der Waals surface area contributed by atoms with Gasteiger partial charge in [0.25, 0.3) is 0 Å². The van der Waals surface area contributed by atoms with Gasteiger partial charge in [-0.3, -0.25) is 4.90 Å². The van der Waals surface area contributed by atoms with E-state index in [9.17, 15) is 8.42 Å². The first-order valence-corrected chi connectivity index (χ1v) is 11.5. The largest absolute Gasteiger partial charge is 0.491 e. The highest BCUT2D eigenvalue weighted by Crippen LogP contribution is 2.27. The predicted octanol–water partition coefficient (Wildman–Crippen LogP) is 3.73. The minimum atomic E-state index is -3.67. The first-order chi connectivity index (χ1) is 13.9. The van der Waals surface area contributed by atoms with Gasteiger partial charge in [0.2, 0.25) is 10.0 Å². The lowest BCUT2D eigenvalue weighted by Gasteiger charge is -2.30. The molecule has 1 N–H and O–H groups in total. The molecule has 0 aliphatic heterocycles. The van der Waals surface area contributed by atoms with Gasteiger partial charge in [0, 0.05) is 24.7 Å². The molecule has 29 heavy (non-hydrogen) atoms. The summed E-state index contributed by atoms with van der Waals surface area (Å²) in [5, 5.41) is 0.626. The lowest BCUT2D eigenvalue weighted by Crippen LogP contribution is -2.38. The van der Waals surface area contributed by atoms with E-state index in [1.807, 2.05) is 38.1 Å². The fraction of sp³-hybridized carbons (Fsp3) is 0.429. The van der Waals surface area contributed by atoms with Crippen molar-refractivity contribution in [2.45, 2.75) is 24.8 Å². The van der Waals surface area contributed by atoms with Gasteiger partial charge in [-0.05, 0) is 49.0 Å². The summed E-state index contributed by atoms with van der Waals surface area (Å²) < 4.78 is 38.8. The molecule has 0 bridgehead atoms. The molecule has 0 aliphatic rings. The fourth-order valence-corrected chi connectivity index (χ4v) is 4.38. The Bertz CT molecular complexity index is 855. The standard InChI is InChI=1S/C21H29ClN2O4S/c1-4-24(5-2)21(19-8-6-7-9-20(19)22)16-23-29(25,26)18-12-10-17(11-13-18)28-15-14-27-3/h6-13,21,23H,4-5,14-16H2,1-3H3. The number of nitrogens with zero attached hydrogens (tertiary/aromatic N) is 1. The highest BCUT2D eigenvalue weighted by Gasteiger charge is 2.23. The van der Waals surface area contributed by atoms with E-state index in [1.54, 1.807) is 19.2 Å². The lowest BCUT2D eigenvalue weighted by molar-refractivity contribution is 0.146. The number of methoxy groups -OCH3 is 1. The quantitative estimate of drug-likeness (QED) is 0.509. The third-order valence-corrected chi connectivity index (χ3v) is 6.46. The average molecular weight is 441 g/mol. The Labute approximate surface area is 178 Å². The van der Waals surface area contributed by atoms with Gasteiger partial charge in [0.05, 0.1) is 11.5 Å². The van der Waals surface area contributed by atoms with Crippen molar-refractivity contribution < 1.29 is 17.9 Å². The second kappa shape index (κ2) is 11.5. The average Bonchev–Trinajstić information content (AvgIpc) is 2.72. The van der Waals surface area contributed by atoms with Gasteiger partial charge in [0.1, 0.15) is 12.4 Å². The molecule has 1 atom stereocenters. The van der Waals surface area contributed by atoms with E-state index in [1.165, 1.54) is 12.1 Å². The Hall–Kier alpha value is -1.64. The van der Waals surface area contributed by atoms with E-state index in [0.717, 1.165) is 18.7 Å². The first kappa shape index (κ1) is 23.6. The maximum Gasteiger partial charge on any atom is 0.240 e. The zero-order valence-corrected chi connectivity index (χ0v) is 18.7. The van der Waals surface area contributed by atoms with Crippen LogP contribution in [-0.2, 0) is 14.8 Å². The van der Waals surface area contributed by atoms with E-state index in [-0.39, 0.29) is 17.5 Å². The fourth-order valence-electron chi connectivity index (χ4n) is 3.08. The van der Waals surface area contributed by atoms with Crippen molar-refractivity contribution in [2.75, 3.05) is 40.0 Å². The van der Waals surface area contributed by atoms with Crippen LogP contribution >= 0.6 is 11.6 Å². The number of halogens is 1. The van der Waals surface area contributed by atoms with Crippen LogP contribution in [0.15, 0.2) is 53.4 Å². The highest BCUT2D eigenvalue weighted by atomic mass is 35.5. The summed E-state index contributed by atoms with van der Waals surface area (Å²) in [6.07, 6.45) is 0. The van der Waals surface area contributed by atoms with Crippen LogP contribution < -0.4 is 9.46 Å². The third-order valence-electron chi connectivity index (χ3n) is 4.67. The first-order valence-electron chi connectivity index (χ1n) is 9.62. The molecule has 8 heteroatoms. The summed E-state index contributed by atoms with van der Waals surface area (Å²) >= 11 is 6.39. The minimum Gasteiger partial charge on any atom is -0.491 e. The Kier molecular flexibility index (Phi) is 9.39. The Balaban J connectivity index is 2.14. The summed E-state index contributed by atoms with van der Waals surface area (Å²) in [5.41, 5.74) is 0.905. The molecule has 0 fully saturated rings. The predicted molar refractivity (Wildman–Crippen MR) is 116 cm³/mol. The van der Waals surface area contributed by atoms with Gasteiger partial charge in [0.15, 0.2) is 0 Å². The summed E-state index contributed by atoms with van der Waals surface area (Å²) in [5.74, 6) is 0.595. The van der Waals surface area contributed by atoms with Crippen molar-refractivity contribution in [3.63, 3.8) is 0 Å². The summed E-state index contributed by atoms with van der Waals surface area (Å²) in [6, 6.07) is 13.7. The Morgan fingerprint density at radius 1 is 1.03 bits per heavy atom. The number of rotatable bonds is 12. The zero-order chi connectivity index (χ0) is 21.3. The van der Waals surface area contributed by atoms with E-state index >= 15 is 0 Å². The van der Waals surface area contributed by atoms with Crippen LogP contribution in [0.2, 0.25) is 5.02 Å². The molecule has 0 aliphatic carbocycles. The van der Waals surface area contributed by atoms with Crippen LogP contribution in [0.25, 0.3) is 0 Å². The number of sulfonamides is 1. The Morgan fingerprint density at radius 2 is 1.69 bits per heavy atom. The maximum absolute atomic E-state index is 12.8. The SMILES string of the molecule is CCN(CC)C(CNS(=O)(=O)c1ccc(OCCOC)cc1)c1ccccc1Cl. The molecular formula is C21H29ClN2O4S. The maximum atomic E-state index is 12.8. The van der Waals surface area contributed by atoms with E-state index in [4.69, 9.17) is 21.1 Å². The van der Waals surface area contributed by atoms with Crippen LogP contribution in [0.5, 0.6) is 5.75 Å². The topological polar surface area (TPSA) is 67.9 Å². The molecule has 2 rings (SSSR count). The second-order valence-corrected chi connectivity index (χ2v) is 8.60. The van der Waals surface area contributed by atoms with Gasteiger partial charge in [-0.1, -0.05) is 43.6 Å². The van der Waals surface area contributed by atoms with E-state index in [2.05, 4.69) is 9.62 Å². The molecule has 0 aromatic heterocycles. The van der Waals surface area contributed by atoms with Crippen molar-refractivity contribution >= 4 is 21.6 Å². The third kappa shape index (κ3) is 6.69. The Morgan fingerprint density at radius 3 is 2.28 bits per heavy atom. The van der Waals surface area contributed by atoms with Crippen LogP contribution in [0.1, 0.15) is 25.5 Å². The molecule has 2 aromatic carbocycles. The number of likely N-dealkylation sites (N-methyl/N-ethyl adjacent to an activating group) is 1. The van der Waals surface area contributed by atoms with E-state index in [0.29, 0.717) is 24.0 Å². The van der Waals surface area contributed by atoms with Gasteiger partial charge in [-0.25, -0.2) is 13.1 Å². The smallest absolute Gasteiger partial charge is 0.240 e. The molecule has 0 saturated heterocycles. The van der Waals surface area contributed by atoms with Crippen LogP contribution in [0.3, 0.4) is 0 Å². The number of hydrogen-bond acceptors (Lipinski definition) is 5. The molecule has 6 nitrogen and oxygen atoms in total. The lowest BCUT2D eigenvalue weighted by atomic mass is 10.1. The molecule has 160 valence electrons. The molecule has 0 amide bonds. The van der Waals surface area contributed by atoms with Crippen molar-refractivity contribution in [3.8, 4) is 5.75 Å².